The van der Waals surface area contributed by atoms with Gasteiger partial charge in [0.1, 0.15) is 34.4 Å². The molecule has 0 N–H and O–H groups in total. The highest BCUT2D eigenvalue weighted by atomic mass is 19.1. The highest BCUT2D eigenvalue weighted by Gasteiger charge is 2.38. The molecule has 0 aliphatic carbocycles. The number of hydrogen-bond acceptors (Lipinski definition) is 5. The molecule has 3 aliphatic heterocycles. The molecule has 4 heterocycles. The fourth-order valence-electron chi connectivity index (χ4n) is 7.98. The number of carbonyl (C=O) groups excluding carboxylic acids is 1. The molecule has 0 spiro atoms. The van der Waals surface area contributed by atoms with Crippen LogP contribution in [0.5, 0.6) is 17.2 Å². The van der Waals surface area contributed by atoms with Gasteiger partial charge in [0.25, 0.3) is 5.91 Å². The second kappa shape index (κ2) is 16.9. The maximum absolute atomic E-state index is 14.2. The number of ether oxygens (including phenoxy) is 3. The molecule has 3 aliphatic rings. The van der Waals surface area contributed by atoms with Gasteiger partial charge in [0.15, 0.2) is 0 Å². The maximum Gasteiger partial charge on any atom is 0.263 e. The molecule has 3 saturated heterocycles. The Hall–Kier alpha value is -4.44. The van der Waals surface area contributed by atoms with E-state index < -0.39 is 23.0 Å². The SMILES string of the molecule is CCOc1cc(OCC)cc(-n2cc(C(=O)N(CC)c3cc(F)cc(F)c3)c(=O)c3ccc(OCCCCCCC[N+]45CCC(CC4)CC5)cc32)c1. The molecule has 1 aromatic heterocycles. The van der Waals surface area contributed by atoms with Crippen molar-refractivity contribution in [2.75, 3.05) is 57.4 Å². The van der Waals surface area contributed by atoms with E-state index in [2.05, 4.69) is 0 Å². The number of anilines is 1. The summed E-state index contributed by atoms with van der Waals surface area (Å²) in [6.45, 7) is 12.4. The quantitative estimate of drug-likeness (QED) is 0.0808. The number of benzene rings is 3. The molecule has 3 aromatic carbocycles. The Morgan fingerprint density at radius 2 is 1.42 bits per heavy atom. The first kappa shape index (κ1) is 37.3. The Morgan fingerprint density at radius 3 is 2.06 bits per heavy atom. The van der Waals surface area contributed by atoms with Gasteiger partial charge >= 0.3 is 0 Å². The molecule has 2 bridgehead atoms. The Balaban J connectivity index is 1.23. The van der Waals surface area contributed by atoms with Gasteiger partial charge in [0.2, 0.25) is 5.43 Å². The van der Waals surface area contributed by atoms with Crippen molar-refractivity contribution in [2.45, 2.75) is 72.1 Å². The molecule has 0 radical (unpaired) electrons. The fourth-order valence-corrected chi connectivity index (χ4v) is 7.98. The first-order valence-electron chi connectivity index (χ1n) is 19.1. The van der Waals surface area contributed by atoms with E-state index in [1.807, 2.05) is 32.0 Å². The largest absolute Gasteiger partial charge is 0.494 e. The van der Waals surface area contributed by atoms with Gasteiger partial charge in [-0.05, 0) is 89.5 Å². The van der Waals surface area contributed by atoms with E-state index in [0.717, 1.165) is 37.0 Å². The summed E-state index contributed by atoms with van der Waals surface area (Å²) in [5, 5.41) is 0.295. The van der Waals surface area contributed by atoms with Crippen LogP contribution < -0.4 is 24.5 Å². The molecule has 10 heteroatoms. The monoisotopic (exact) mass is 716 g/mol. The third-order valence-electron chi connectivity index (χ3n) is 10.8. The average molecular weight is 717 g/mol. The molecular weight excluding hydrogens is 664 g/mol. The molecule has 1 amide bonds. The minimum atomic E-state index is -0.818. The summed E-state index contributed by atoms with van der Waals surface area (Å²) < 4.78 is 49.4. The van der Waals surface area contributed by atoms with E-state index in [1.165, 1.54) is 80.3 Å². The lowest BCUT2D eigenvalue weighted by Gasteiger charge is -2.49. The van der Waals surface area contributed by atoms with E-state index in [0.29, 0.717) is 53.7 Å². The molecule has 4 aromatic rings. The second-order valence-corrected chi connectivity index (χ2v) is 14.2. The molecule has 0 saturated carbocycles. The Morgan fingerprint density at radius 1 is 0.788 bits per heavy atom. The topological polar surface area (TPSA) is 70.0 Å². The lowest BCUT2D eigenvalue weighted by molar-refractivity contribution is -0.942. The highest BCUT2D eigenvalue weighted by molar-refractivity contribution is 6.07. The van der Waals surface area contributed by atoms with E-state index in [9.17, 15) is 18.4 Å². The predicted octanol–water partition coefficient (Wildman–Crippen LogP) is 8.69. The normalized spacial score (nSPS) is 18.1. The zero-order valence-corrected chi connectivity index (χ0v) is 30.8. The number of nitrogens with zero attached hydrogens (tertiary/aromatic N) is 3. The second-order valence-electron chi connectivity index (χ2n) is 14.2. The number of fused-ring (bicyclic) bond motifs is 4. The number of quaternary nitrogens is 1. The van der Waals surface area contributed by atoms with E-state index in [4.69, 9.17) is 14.2 Å². The van der Waals surface area contributed by atoms with Crippen LogP contribution in [0.2, 0.25) is 0 Å². The summed E-state index contributed by atoms with van der Waals surface area (Å²) in [5.74, 6) is 0.415. The smallest absolute Gasteiger partial charge is 0.263 e. The number of unbranched alkanes of at least 4 members (excludes halogenated alkanes) is 4. The van der Waals surface area contributed by atoms with Crippen molar-refractivity contribution in [3.05, 3.63) is 88.2 Å². The average Bonchev–Trinajstić information content (AvgIpc) is 3.13. The van der Waals surface area contributed by atoms with Crippen LogP contribution >= 0.6 is 0 Å². The van der Waals surface area contributed by atoms with Crippen molar-refractivity contribution in [1.29, 1.82) is 0 Å². The van der Waals surface area contributed by atoms with Crippen LogP contribution in [0.4, 0.5) is 14.5 Å². The van der Waals surface area contributed by atoms with Crippen LogP contribution in [0.3, 0.4) is 0 Å². The van der Waals surface area contributed by atoms with Gasteiger partial charge in [-0.25, -0.2) is 8.78 Å². The van der Waals surface area contributed by atoms with Gasteiger partial charge in [-0.2, -0.15) is 0 Å². The number of amides is 1. The summed E-state index contributed by atoms with van der Waals surface area (Å²) >= 11 is 0. The number of hydrogen-bond donors (Lipinski definition) is 0. The third-order valence-corrected chi connectivity index (χ3v) is 10.8. The molecule has 7 rings (SSSR count). The molecule has 8 nitrogen and oxygen atoms in total. The van der Waals surface area contributed by atoms with Crippen LogP contribution in [0.25, 0.3) is 16.6 Å². The van der Waals surface area contributed by atoms with Gasteiger partial charge in [-0.1, -0.05) is 12.8 Å². The van der Waals surface area contributed by atoms with Gasteiger partial charge in [-0.3, -0.25) is 9.59 Å². The van der Waals surface area contributed by atoms with Crippen LogP contribution in [-0.4, -0.2) is 67.5 Å². The third kappa shape index (κ3) is 8.60. The number of pyridine rings is 1. The highest BCUT2D eigenvalue weighted by Crippen LogP contribution is 2.34. The van der Waals surface area contributed by atoms with Gasteiger partial charge in [0, 0.05) is 54.1 Å². The van der Waals surface area contributed by atoms with Crippen LogP contribution in [0, 0.1) is 17.6 Å². The van der Waals surface area contributed by atoms with E-state index in [-0.39, 0.29) is 17.8 Å². The Kier molecular flexibility index (Phi) is 12.1. The first-order valence-corrected chi connectivity index (χ1v) is 19.1. The van der Waals surface area contributed by atoms with Crippen molar-refractivity contribution in [2.24, 2.45) is 5.92 Å². The minimum absolute atomic E-state index is 0.0202. The minimum Gasteiger partial charge on any atom is -0.494 e. The fraction of sp³-hybridized carbons (Fsp3) is 0.476. The van der Waals surface area contributed by atoms with Crippen LogP contribution in [0.15, 0.2) is 65.6 Å². The lowest BCUT2D eigenvalue weighted by atomic mass is 9.85. The van der Waals surface area contributed by atoms with E-state index in [1.54, 1.807) is 29.7 Å². The number of rotatable bonds is 17. The Bertz CT molecular complexity index is 1860. The molecule has 0 atom stereocenters. The number of halogens is 2. The van der Waals surface area contributed by atoms with Gasteiger partial charge < -0.3 is 28.2 Å². The van der Waals surface area contributed by atoms with Crippen molar-refractivity contribution in [1.82, 2.24) is 4.57 Å². The summed E-state index contributed by atoms with van der Waals surface area (Å²) in [6, 6.07) is 13.6. The molecule has 52 heavy (non-hydrogen) atoms. The van der Waals surface area contributed by atoms with Crippen molar-refractivity contribution in [3.8, 4) is 22.9 Å². The Labute approximate surface area is 305 Å². The van der Waals surface area contributed by atoms with Crippen molar-refractivity contribution >= 4 is 22.5 Å². The van der Waals surface area contributed by atoms with Crippen LogP contribution in [-0.2, 0) is 0 Å². The summed E-state index contributed by atoms with van der Waals surface area (Å²) in [6.07, 6.45) is 11.5. The van der Waals surface area contributed by atoms with Crippen molar-refractivity contribution in [3.63, 3.8) is 0 Å². The molecule has 0 unspecified atom stereocenters. The summed E-state index contributed by atoms with van der Waals surface area (Å²) in [5.41, 5.74) is 0.506. The lowest BCUT2D eigenvalue weighted by Crippen LogP contribution is -2.58. The first-order chi connectivity index (χ1) is 25.2. The van der Waals surface area contributed by atoms with Crippen molar-refractivity contribution < 1.29 is 32.3 Å². The summed E-state index contributed by atoms with van der Waals surface area (Å²) in [4.78, 5) is 29.2. The maximum atomic E-state index is 14.2. The number of carbonyl (C=O) groups is 1. The zero-order chi connectivity index (χ0) is 36.7. The number of piperidine rings is 3. The van der Waals surface area contributed by atoms with Crippen LogP contribution in [0.1, 0.15) is 82.5 Å². The van der Waals surface area contributed by atoms with Gasteiger partial charge in [0.05, 0.1) is 57.2 Å². The van der Waals surface area contributed by atoms with E-state index >= 15 is 0 Å². The molecular formula is C42H52F2N3O5+. The molecule has 3 fully saturated rings. The zero-order valence-electron chi connectivity index (χ0n) is 30.8. The van der Waals surface area contributed by atoms with Gasteiger partial charge in [-0.15, -0.1) is 0 Å². The summed E-state index contributed by atoms with van der Waals surface area (Å²) in [7, 11) is 0. The standard InChI is InChI=1S/C42H52F2N3O5/c1-4-45(33-23-31(43)22-32(44)24-33)42(49)39-29-46(34-25-36(50-5-2)27-37(26-34)51-6-3)40-28-35(12-13-38(40)41(39)48)52-21-11-9-7-8-10-17-47-18-14-30(15-19-47)16-20-47/h12-13,22-30H,4-11,14-21H2,1-3H3/q+1. The molecule has 278 valence electrons. The number of aromatic nitrogens is 1. The predicted molar refractivity (Wildman–Crippen MR) is 201 cm³/mol.